The van der Waals surface area contributed by atoms with Gasteiger partial charge in [0.2, 0.25) is 0 Å². The van der Waals surface area contributed by atoms with E-state index in [0.29, 0.717) is 5.92 Å². The van der Waals surface area contributed by atoms with Gasteiger partial charge < -0.3 is 5.32 Å². The third-order valence-corrected chi connectivity index (χ3v) is 4.51. The molecule has 2 nitrogen and oxygen atoms in total. The van der Waals surface area contributed by atoms with Crippen LogP contribution in [0.2, 0.25) is 5.02 Å². The highest BCUT2D eigenvalue weighted by Gasteiger charge is 2.19. The van der Waals surface area contributed by atoms with E-state index in [1.807, 2.05) is 19.1 Å². The van der Waals surface area contributed by atoms with Crippen molar-refractivity contribution in [2.75, 3.05) is 6.54 Å². The van der Waals surface area contributed by atoms with Crippen LogP contribution in [0, 0.1) is 6.92 Å². The summed E-state index contributed by atoms with van der Waals surface area (Å²) in [7, 11) is 0. The lowest BCUT2D eigenvalue weighted by Gasteiger charge is -2.26. The Hall–Kier alpha value is -0.900. The maximum absolute atomic E-state index is 6.39. The first-order chi connectivity index (χ1) is 9.85. The van der Waals surface area contributed by atoms with Crippen molar-refractivity contribution in [3.8, 4) is 0 Å². The summed E-state index contributed by atoms with van der Waals surface area (Å²) in [6, 6.07) is 8.12. The second kappa shape index (κ2) is 6.91. The fourth-order valence-electron chi connectivity index (χ4n) is 2.28. The monoisotopic (exact) mass is 322 g/mol. The Morgan fingerprint density at radius 2 is 2.00 bits per heavy atom. The average molecular weight is 323 g/mol. The van der Waals surface area contributed by atoms with E-state index in [1.165, 1.54) is 5.56 Å². The Morgan fingerprint density at radius 1 is 1.29 bits per heavy atom. The minimum Gasteiger partial charge on any atom is -0.311 e. The average Bonchev–Trinajstić information content (AvgIpc) is 2.80. The van der Waals surface area contributed by atoms with E-state index in [9.17, 15) is 0 Å². The summed E-state index contributed by atoms with van der Waals surface area (Å²) in [5.74, 6) is 0.333. The highest BCUT2D eigenvalue weighted by atomic mass is 35.5. The molecule has 0 aliphatic carbocycles. The number of nitrogens with zero attached hydrogens (tertiary/aromatic N) is 1. The largest absolute Gasteiger partial charge is 0.311 e. The van der Waals surface area contributed by atoms with Gasteiger partial charge in [0.25, 0.3) is 0 Å². The van der Waals surface area contributed by atoms with Crippen molar-refractivity contribution < 1.29 is 0 Å². The van der Waals surface area contributed by atoms with E-state index in [1.54, 1.807) is 11.3 Å². The third-order valence-electron chi connectivity index (χ3n) is 3.35. The summed E-state index contributed by atoms with van der Waals surface area (Å²) in [6.07, 6.45) is 0.914. The summed E-state index contributed by atoms with van der Waals surface area (Å²) in [5.41, 5.74) is 2.44. The van der Waals surface area contributed by atoms with Crippen LogP contribution in [0.4, 0.5) is 0 Å². The first-order valence-corrected chi connectivity index (χ1v) is 8.51. The van der Waals surface area contributed by atoms with Crippen molar-refractivity contribution in [1.29, 1.82) is 0 Å². The van der Waals surface area contributed by atoms with E-state index in [0.717, 1.165) is 28.7 Å². The second-order valence-corrected chi connectivity index (χ2v) is 7.88. The maximum Gasteiger partial charge on any atom is 0.0897 e. The Bertz CT molecular complexity index is 586. The third kappa shape index (κ3) is 5.10. The molecule has 21 heavy (non-hydrogen) atoms. The summed E-state index contributed by atoms with van der Waals surface area (Å²) in [6.45, 7) is 9.49. The molecule has 0 fully saturated rings. The van der Waals surface area contributed by atoms with Gasteiger partial charge in [-0.2, -0.15) is 0 Å². The van der Waals surface area contributed by atoms with E-state index >= 15 is 0 Å². The first kappa shape index (κ1) is 16.5. The van der Waals surface area contributed by atoms with Crippen molar-refractivity contribution in [2.24, 2.45) is 0 Å². The number of hydrogen-bond acceptors (Lipinski definition) is 3. The molecule has 1 unspecified atom stereocenters. The fourth-order valence-corrected chi connectivity index (χ4v) is 3.20. The molecule has 0 radical (unpaired) electrons. The number of aryl methyl sites for hydroxylation is 1. The predicted octanol–water partition coefficient (Wildman–Crippen LogP) is 4.82. The normalized spacial score (nSPS) is 13.4. The zero-order valence-corrected chi connectivity index (χ0v) is 14.7. The molecule has 0 saturated heterocycles. The van der Waals surface area contributed by atoms with Gasteiger partial charge in [-0.25, -0.2) is 4.98 Å². The van der Waals surface area contributed by atoms with Crippen LogP contribution < -0.4 is 5.32 Å². The van der Waals surface area contributed by atoms with Gasteiger partial charge in [0.15, 0.2) is 0 Å². The maximum atomic E-state index is 6.39. The molecule has 0 amide bonds. The lowest BCUT2D eigenvalue weighted by Crippen LogP contribution is -2.39. The van der Waals surface area contributed by atoms with Gasteiger partial charge in [0, 0.05) is 28.4 Å². The molecular formula is C17H23ClN2S. The minimum absolute atomic E-state index is 0.0947. The molecule has 1 heterocycles. The molecule has 1 atom stereocenters. The number of hydrogen-bond donors (Lipinski definition) is 1. The molecule has 2 aromatic rings. The zero-order valence-electron chi connectivity index (χ0n) is 13.1. The van der Waals surface area contributed by atoms with Crippen LogP contribution in [-0.2, 0) is 6.42 Å². The SMILES string of the molecule is Cc1nc(CC(CNC(C)(C)C)c2ccccc2Cl)cs1. The molecule has 114 valence electrons. The molecule has 1 aromatic carbocycles. The van der Waals surface area contributed by atoms with E-state index in [2.05, 4.69) is 48.6 Å². The second-order valence-electron chi connectivity index (χ2n) is 6.41. The van der Waals surface area contributed by atoms with Crippen LogP contribution in [0.15, 0.2) is 29.6 Å². The van der Waals surface area contributed by atoms with Gasteiger partial charge in [-0.1, -0.05) is 29.8 Å². The van der Waals surface area contributed by atoms with Crippen molar-refractivity contribution in [3.63, 3.8) is 0 Å². The van der Waals surface area contributed by atoms with Gasteiger partial charge in [-0.05, 0) is 45.7 Å². The molecule has 2 rings (SSSR count). The van der Waals surface area contributed by atoms with Gasteiger partial charge in [0.05, 0.1) is 10.7 Å². The quantitative estimate of drug-likeness (QED) is 0.853. The Balaban J connectivity index is 2.19. The van der Waals surface area contributed by atoms with E-state index in [4.69, 9.17) is 11.6 Å². The van der Waals surface area contributed by atoms with Crippen molar-refractivity contribution in [3.05, 3.63) is 50.9 Å². The van der Waals surface area contributed by atoms with Crippen LogP contribution in [-0.4, -0.2) is 17.1 Å². The van der Waals surface area contributed by atoms with Gasteiger partial charge in [-0.3, -0.25) is 0 Å². The first-order valence-electron chi connectivity index (χ1n) is 7.25. The molecule has 1 N–H and O–H groups in total. The molecule has 1 aromatic heterocycles. The summed E-state index contributed by atoms with van der Waals surface area (Å²) < 4.78 is 0. The van der Waals surface area contributed by atoms with Crippen LogP contribution >= 0.6 is 22.9 Å². The zero-order chi connectivity index (χ0) is 15.5. The summed E-state index contributed by atoms with van der Waals surface area (Å²) in [4.78, 5) is 4.60. The fraction of sp³-hybridized carbons (Fsp3) is 0.471. The number of aromatic nitrogens is 1. The smallest absolute Gasteiger partial charge is 0.0897 e. The van der Waals surface area contributed by atoms with E-state index < -0.39 is 0 Å². The lowest BCUT2D eigenvalue weighted by atomic mass is 9.93. The molecule has 0 spiro atoms. The van der Waals surface area contributed by atoms with E-state index in [-0.39, 0.29) is 5.54 Å². The number of halogens is 1. The molecule has 0 saturated carbocycles. The number of benzene rings is 1. The highest BCUT2D eigenvalue weighted by molar-refractivity contribution is 7.09. The molecule has 4 heteroatoms. The Kier molecular flexibility index (Phi) is 5.42. The van der Waals surface area contributed by atoms with Crippen LogP contribution in [0.1, 0.15) is 43.0 Å². The van der Waals surface area contributed by atoms with Gasteiger partial charge in [-0.15, -0.1) is 11.3 Å². The van der Waals surface area contributed by atoms with Crippen molar-refractivity contribution >= 4 is 22.9 Å². The van der Waals surface area contributed by atoms with Crippen LogP contribution in [0.25, 0.3) is 0 Å². The van der Waals surface area contributed by atoms with Gasteiger partial charge in [0.1, 0.15) is 0 Å². The van der Waals surface area contributed by atoms with Crippen molar-refractivity contribution in [1.82, 2.24) is 10.3 Å². The molecule has 0 aliphatic heterocycles. The number of nitrogens with one attached hydrogen (secondary N) is 1. The minimum atomic E-state index is 0.0947. The summed E-state index contributed by atoms with van der Waals surface area (Å²) >= 11 is 8.10. The Labute approximate surface area is 136 Å². The molecule has 0 bridgehead atoms. The molecular weight excluding hydrogens is 300 g/mol. The topological polar surface area (TPSA) is 24.9 Å². The Morgan fingerprint density at radius 3 is 2.57 bits per heavy atom. The highest BCUT2D eigenvalue weighted by Crippen LogP contribution is 2.28. The van der Waals surface area contributed by atoms with Gasteiger partial charge >= 0.3 is 0 Å². The van der Waals surface area contributed by atoms with Crippen LogP contribution in [0.5, 0.6) is 0 Å². The van der Waals surface area contributed by atoms with Crippen molar-refractivity contribution in [2.45, 2.75) is 45.6 Å². The lowest BCUT2D eigenvalue weighted by molar-refractivity contribution is 0.404. The van der Waals surface area contributed by atoms with Crippen LogP contribution in [0.3, 0.4) is 0 Å². The number of thiazole rings is 1. The molecule has 0 aliphatic rings. The summed E-state index contributed by atoms with van der Waals surface area (Å²) in [5, 5.41) is 7.70. The number of rotatable bonds is 5. The predicted molar refractivity (Wildman–Crippen MR) is 92.5 cm³/mol. The standard InChI is InChI=1S/C17H23ClN2S/c1-12-20-14(11-21-12)9-13(10-19-17(2,3)4)15-7-5-6-8-16(15)18/h5-8,11,13,19H,9-10H2,1-4H3.